The molecule has 2 aromatic rings. The van der Waals surface area contributed by atoms with Gasteiger partial charge in [-0.15, -0.1) is 0 Å². The van der Waals surface area contributed by atoms with Crippen LogP contribution in [0.25, 0.3) is 0 Å². The maximum atomic E-state index is 12.5. The molecule has 19 heavy (non-hydrogen) atoms. The Hall–Kier alpha value is -1.63. The summed E-state index contributed by atoms with van der Waals surface area (Å²) in [5.41, 5.74) is 1.08. The smallest absolute Gasteiger partial charge is 0.262 e. The lowest BCUT2D eigenvalue weighted by Gasteiger charge is -2.21. The van der Waals surface area contributed by atoms with Crippen LogP contribution in [0.5, 0.6) is 5.75 Å². The minimum atomic E-state index is -0.218. The van der Waals surface area contributed by atoms with Crippen molar-refractivity contribution >= 4 is 34.2 Å². The van der Waals surface area contributed by atoms with E-state index in [0.717, 1.165) is 9.26 Å². The second kappa shape index (κ2) is 6.01. The van der Waals surface area contributed by atoms with E-state index in [1.54, 1.807) is 41.6 Å². The van der Waals surface area contributed by atoms with Crippen LogP contribution < -0.4 is 4.90 Å². The first kappa shape index (κ1) is 13.8. The van der Waals surface area contributed by atoms with Crippen molar-refractivity contribution in [2.45, 2.75) is 6.92 Å². The number of hydrogen-bond acceptors (Lipinski definition) is 3. The van der Waals surface area contributed by atoms with Gasteiger partial charge < -0.3 is 10.0 Å². The fraction of sp³-hybridized carbons (Fsp3) is 0.143. The first-order valence-electron chi connectivity index (χ1n) is 5.84. The van der Waals surface area contributed by atoms with Crippen LogP contribution in [0.15, 0.2) is 42.7 Å². The number of nitrogens with zero attached hydrogens (tertiary/aromatic N) is 2. The van der Waals surface area contributed by atoms with Gasteiger partial charge in [0, 0.05) is 28.2 Å². The summed E-state index contributed by atoms with van der Waals surface area (Å²) in [7, 11) is 0. The lowest BCUT2D eigenvalue weighted by Crippen LogP contribution is -2.30. The molecule has 0 fully saturated rings. The van der Waals surface area contributed by atoms with Gasteiger partial charge in [-0.25, -0.2) is 0 Å². The lowest BCUT2D eigenvalue weighted by molar-refractivity contribution is 0.0985. The summed E-state index contributed by atoms with van der Waals surface area (Å²) in [6.07, 6.45) is 3.28. The fourth-order valence-corrected chi connectivity index (χ4v) is 2.28. The maximum absolute atomic E-state index is 12.5. The van der Waals surface area contributed by atoms with Gasteiger partial charge in [-0.05, 0) is 59.8 Å². The Bertz CT molecular complexity index is 587. The van der Waals surface area contributed by atoms with Crippen molar-refractivity contribution in [3.63, 3.8) is 0 Å². The third-order valence-electron chi connectivity index (χ3n) is 2.72. The van der Waals surface area contributed by atoms with E-state index in [1.807, 2.05) is 6.92 Å². The van der Waals surface area contributed by atoms with E-state index in [0.29, 0.717) is 12.1 Å². The summed E-state index contributed by atoms with van der Waals surface area (Å²) in [5, 5.41) is 9.83. The summed E-state index contributed by atoms with van der Waals surface area (Å²) in [6.45, 7) is 2.41. The number of phenolic OH excluding ortho intramolecular Hbond substituents is 1. The zero-order valence-electron chi connectivity index (χ0n) is 10.4. The number of aromatic hydroxyl groups is 1. The average Bonchev–Trinajstić information content (AvgIpc) is 2.43. The molecule has 0 unspecified atom stereocenters. The Kier molecular flexibility index (Phi) is 4.36. The van der Waals surface area contributed by atoms with Crippen molar-refractivity contribution in [1.82, 2.24) is 4.98 Å². The maximum Gasteiger partial charge on any atom is 0.262 e. The van der Waals surface area contributed by atoms with Crippen molar-refractivity contribution in [3.05, 3.63) is 51.9 Å². The van der Waals surface area contributed by atoms with Crippen LogP contribution in [0.1, 0.15) is 17.3 Å². The van der Waals surface area contributed by atoms with E-state index in [-0.39, 0.29) is 11.7 Å². The van der Waals surface area contributed by atoms with Gasteiger partial charge in [0.15, 0.2) is 0 Å². The molecule has 1 aromatic heterocycles. The number of carbonyl (C=O) groups is 1. The third-order valence-corrected chi connectivity index (χ3v) is 3.40. The number of hydrogen-bond donors (Lipinski definition) is 1. The van der Waals surface area contributed by atoms with Gasteiger partial charge in [-0.2, -0.15) is 0 Å². The monoisotopic (exact) mass is 368 g/mol. The predicted molar refractivity (Wildman–Crippen MR) is 82.4 cm³/mol. The van der Waals surface area contributed by atoms with Crippen LogP contribution in [0.3, 0.4) is 0 Å². The van der Waals surface area contributed by atoms with Crippen LogP contribution in [-0.4, -0.2) is 22.5 Å². The number of amides is 1. The Morgan fingerprint density at radius 1 is 1.32 bits per heavy atom. The van der Waals surface area contributed by atoms with E-state index < -0.39 is 0 Å². The standard InChI is InChI=1S/C14H13IN2O2/c1-2-17(11-5-7-16-8-6-11)14(19)12-9-10(15)3-4-13(12)18/h3-9,18H,2H2,1H3. The Labute approximate surface area is 125 Å². The molecule has 0 atom stereocenters. The molecule has 0 spiro atoms. The first-order chi connectivity index (χ1) is 9.13. The number of benzene rings is 1. The first-order valence-corrected chi connectivity index (χ1v) is 6.91. The zero-order chi connectivity index (χ0) is 13.8. The van der Waals surface area contributed by atoms with Gasteiger partial charge in [0.05, 0.1) is 5.56 Å². The van der Waals surface area contributed by atoms with Crippen molar-refractivity contribution in [1.29, 1.82) is 0 Å². The summed E-state index contributed by atoms with van der Waals surface area (Å²) < 4.78 is 0.907. The quantitative estimate of drug-likeness (QED) is 0.848. The van der Waals surface area contributed by atoms with Crippen LogP contribution in [0.4, 0.5) is 5.69 Å². The molecule has 0 aliphatic heterocycles. The molecule has 1 heterocycles. The third kappa shape index (κ3) is 3.04. The number of pyridine rings is 1. The minimum absolute atomic E-state index is 0.00192. The molecule has 1 aromatic carbocycles. The Morgan fingerprint density at radius 2 is 2.00 bits per heavy atom. The summed E-state index contributed by atoms with van der Waals surface area (Å²) in [5.74, 6) is -0.220. The summed E-state index contributed by atoms with van der Waals surface area (Å²) >= 11 is 2.11. The predicted octanol–water partition coefficient (Wildman–Crippen LogP) is 3.06. The number of aromatic nitrogens is 1. The van der Waals surface area contributed by atoms with Crippen LogP contribution >= 0.6 is 22.6 Å². The van der Waals surface area contributed by atoms with E-state index in [4.69, 9.17) is 0 Å². The van der Waals surface area contributed by atoms with E-state index in [9.17, 15) is 9.90 Å². The second-order valence-electron chi connectivity index (χ2n) is 3.92. The van der Waals surface area contributed by atoms with Crippen molar-refractivity contribution in [2.24, 2.45) is 0 Å². The molecule has 1 N–H and O–H groups in total. The molecule has 98 valence electrons. The largest absolute Gasteiger partial charge is 0.507 e. The van der Waals surface area contributed by atoms with Gasteiger partial charge >= 0.3 is 0 Å². The zero-order valence-corrected chi connectivity index (χ0v) is 12.5. The van der Waals surface area contributed by atoms with Crippen LogP contribution in [-0.2, 0) is 0 Å². The number of anilines is 1. The fourth-order valence-electron chi connectivity index (χ4n) is 1.79. The van der Waals surface area contributed by atoms with Crippen molar-refractivity contribution in [2.75, 3.05) is 11.4 Å². The Morgan fingerprint density at radius 3 is 2.63 bits per heavy atom. The van der Waals surface area contributed by atoms with Gasteiger partial charge in [0.1, 0.15) is 5.75 Å². The molecule has 0 saturated heterocycles. The topological polar surface area (TPSA) is 53.4 Å². The van der Waals surface area contributed by atoms with E-state index >= 15 is 0 Å². The highest BCUT2D eigenvalue weighted by molar-refractivity contribution is 14.1. The van der Waals surface area contributed by atoms with Crippen molar-refractivity contribution < 1.29 is 9.90 Å². The molecule has 0 radical (unpaired) electrons. The average molecular weight is 368 g/mol. The van der Waals surface area contributed by atoms with Gasteiger partial charge in [-0.1, -0.05) is 0 Å². The van der Waals surface area contributed by atoms with E-state index in [2.05, 4.69) is 27.6 Å². The number of halogens is 1. The lowest BCUT2D eigenvalue weighted by atomic mass is 10.1. The molecule has 0 saturated carbocycles. The number of carbonyl (C=O) groups excluding carboxylic acids is 1. The number of rotatable bonds is 3. The normalized spacial score (nSPS) is 10.2. The molecule has 0 aliphatic carbocycles. The Balaban J connectivity index is 2.39. The molecular weight excluding hydrogens is 355 g/mol. The molecular formula is C14H13IN2O2. The molecule has 0 bridgehead atoms. The van der Waals surface area contributed by atoms with Gasteiger partial charge in [0.2, 0.25) is 0 Å². The molecule has 5 heteroatoms. The van der Waals surface area contributed by atoms with Crippen LogP contribution in [0.2, 0.25) is 0 Å². The van der Waals surface area contributed by atoms with Gasteiger partial charge in [-0.3, -0.25) is 9.78 Å². The highest BCUT2D eigenvalue weighted by Crippen LogP contribution is 2.24. The number of phenols is 1. The molecule has 2 rings (SSSR count). The highest BCUT2D eigenvalue weighted by atomic mass is 127. The minimum Gasteiger partial charge on any atom is -0.507 e. The molecule has 0 aliphatic rings. The summed E-state index contributed by atoms with van der Waals surface area (Å²) in [6, 6.07) is 8.52. The SMILES string of the molecule is CCN(C(=O)c1cc(I)ccc1O)c1ccncc1. The highest BCUT2D eigenvalue weighted by Gasteiger charge is 2.19. The van der Waals surface area contributed by atoms with Crippen LogP contribution in [0, 0.1) is 3.57 Å². The second-order valence-corrected chi connectivity index (χ2v) is 5.16. The molecule has 4 nitrogen and oxygen atoms in total. The van der Waals surface area contributed by atoms with E-state index in [1.165, 1.54) is 6.07 Å². The van der Waals surface area contributed by atoms with Gasteiger partial charge in [0.25, 0.3) is 5.91 Å². The summed E-state index contributed by atoms with van der Waals surface area (Å²) in [4.78, 5) is 18.0. The molecule has 1 amide bonds. The van der Waals surface area contributed by atoms with Crippen molar-refractivity contribution in [3.8, 4) is 5.75 Å².